The van der Waals surface area contributed by atoms with Crippen LogP contribution in [-0.2, 0) is 13.0 Å². The summed E-state index contributed by atoms with van der Waals surface area (Å²) in [6.45, 7) is 1.01. The average Bonchev–Trinajstić information content (AvgIpc) is 3.05. The molecule has 1 N–H and O–H groups in total. The largest absolute Gasteiger partial charge is 0.494 e. The highest BCUT2D eigenvalue weighted by molar-refractivity contribution is 9.10. The molecule has 0 saturated heterocycles. The molecule has 0 spiro atoms. The highest BCUT2D eigenvalue weighted by Crippen LogP contribution is 2.40. The molecule has 1 amide bonds. The standard InChI is InChI=1S/C17H13BrCl2N4O2/c1-26-8-5-21-16(22-6-8)17(25)24-3-2-12-9(7-24)13-10(18)4-11(19)14(20)15(13)23-12/h4-6,23H,2-3,7H2,1H3. The van der Waals surface area contributed by atoms with Crippen molar-refractivity contribution in [2.75, 3.05) is 13.7 Å². The number of rotatable bonds is 2. The van der Waals surface area contributed by atoms with Crippen LogP contribution < -0.4 is 4.74 Å². The zero-order chi connectivity index (χ0) is 18.4. The molecule has 2 aromatic heterocycles. The average molecular weight is 456 g/mol. The van der Waals surface area contributed by atoms with Gasteiger partial charge in [-0.3, -0.25) is 4.79 Å². The number of nitrogens with zero attached hydrogens (tertiary/aromatic N) is 3. The van der Waals surface area contributed by atoms with Crippen LogP contribution >= 0.6 is 39.1 Å². The third-order valence-corrected chi connectivity index (χ3v) is 5.85. The van der Waals surface area contributed by atoms with Gasteiger partial charge in [0.2, 0.25) is 5.82 Å². The molecule has 3 aromatic rings. The second-order valence-corrected chi connectivity index (χ2v) is 7.55. The molecule has 1 aliphatic rings. The van der Waals surface area contributed by atoms with E-state index in [0.29, 0.717) is 35.3 Å². The summed E-state index contributed by atoms with van der Waals surface area (Å²) >= 11 is 16.1. The number of methoxy groups -OCH3 is 1. The lowest BCUT2D eigenvalue weighted by Crippen LogP contribution is -2.36. The number of hydrogen-bond donors (Lipinski definition) is 1. The summed E-state index contributed by atoms with van der Waals surface area (Å²) in [5, 5.41) is 1.90. The van der Waals surface area contributed by atoms with Crippen molar-refractivity contribution in [3.63, 3.8) is 0 Å². The zero-order valence-corrected chi connectivity index (χ0v) is 16.7. The van der Waals surface area contributed by atoms with Crippen LogP contribution in [-0.4, -0.2) is 39.4 Å². The number of nitrogens with one attached hydrogen (secondary N) is 1. The van der Waals surface area contributed by atoms with Crippen molar-refractivity contribution < 1.29 is 9.53 Å². The van der Waals surface area contributed by atoms with Gasteiger partial charge in [-0.15, -0.1) is 0 Å². The molecular formula is C17H13BrCl2N4O2. The number of aromatic nitrogens is 3. The van der Waals surface area contributed by atoms with Crippen LogP contribution in [0.15, 0.2) is 22.9 Å². The van der Waals surface area contributed by atoms with E-state index < -0.39 is 0 Å². The smallest absolute Gasteiger partial charge is 0.291 e. The number of fused-ring (bicyclic) bond motifs is 3. The molecule has 0 unspecified atom stereocenters. The van der Waals surface area contributed by atoms with Crippen molar-refractivity contribution in [3.05, 3.63) is 50.1 Å². The number of carbonyl (C=O) groups is 1. The fourth-order valence-corrected chi connectivity index (χ4v) is 4.33. The number of ether oxygens (including phenoxy) is 1. The van der Waals surface area contributed by atoms with Gasteiger partial charge in [-0.1, -0.05) is 39.1 Å². The lowest BCUT2D eigenvalue weighted by Gasteiger charge is -2.26. The minimum Gasteiger partial charge on any atom is -0.494 e. The van der Waals surface area contributed by atoms with Crippen LogP contribution in [0.3, 0.4) is 0 Å². The zero-order valence-electron chi connectivity index (χ0n) is 13.6. The summed E-state index contributed by atoms with van der Waals surface area (Å²) in [5.41, 5.74) is 2.87. The van der Waals surface area contributed by atoms with Crippen molar-refractivity contribution in [1.82, 2.24) is 19.9 Å². The van der Waals surface area contributed by atoms with E-state index in [1.54, 1.807) is 11.0 Å². The molecule has 4 rings (SSSR count). The SMILES string of the molecule is COc1cnc(C(=O)N2CCc3[nH]c4c(Cl)c(Cl)cc(Br)c4c3C2)nc1. The molecule has 0 fully saturated rings. The number of amides is 1. The predicted molar refractivity (Wildman–Crippen MR) is 103 cm³/mol. The van der Waals surface area contributed by atoms with E-state index in [9.17, 15) is 4.79 Å². The van der Waals surface area contributed by atoms with Crippen LogP contribution in [0, 0.1) is 0 Å². The Morgan fingerprint density at radius 1 is 1.35 bits per heavy atom. The topological polar surface area (TPSA) is 71.1 Å². The minimum atomic E-state index is -0.219. The maximum atomic E-state index is 12.8. The molecule has 9 heteroatoms. The van der Waals surface area contributed by atoms with Crippen molar-refractivity contribution in [2.45, 2.75) is 13.0 Å². The molecule has 0 saturated carbocycles. The Bertz CT molecular complexity index is 1020. The number of aromatic amines is 1. The van der Waals surface area contributed by atoms with Crippen LogP contribution in [0.4, 0.5) is 0 Å². The van der Waals surface area contributed by atoms with Crippen LogP contribution in [0.5, 0.6) is 5.75 Å². The number of H-pyrrole nitrogens is 1. The van der Waals surface area contributed by atoms with E-state index in [-0.39, 0.29) is 11.7 Å². The van der Waals surface area contributed by atoms with Gasteiger partial charge >= 0.3 is 0 Å². The molecule has 6 nitrogen and oxygen atoms in total. The van der Waals surface area contributed by atoms with E-state index in [4.69, 9.17) is 27.9 Å². The summed E-state index contributed by atoms with van der Waals surface area (Å²) in [7, 11) is 1.53. The van der Waals surface area contributed by atoms with Crippen molar-refractivity contribution >= 4 is 55.9 Å². The van der Waals surface area contributed by atoms with E-state index >= 15 is 0 Å². The lowest BCUT2D eigenvalue weighted by molar-refractivity contribution is 0.0722. The van der Waals surface area contributed by atoms with Crippen LogP contribution in [0.25, 0.3) is 10.9 Å². The summed E-state index contributed by atoms with van der Waals surface area (Å²) in [4.78, 5) is 26.0. The Hall–Kier alpha value is -1.83. The number of hydrogen-bond acceptors (Lipinski definition) is 4. The maximum absolute atomic E-state index is 12.8. The fourth-order valence-electron chi connectivity index (χ4n) is 3.14. The quantitative estimate of drug-likeness (QED) is 0.587. The van der Waals surface area contributed by atoms with Crippen molar-refractivity contribution in [1.29, 1.82) is 0 Å². The first-order valence-corrected chi connectivity index (χ1v) is 9.36. The molecule has 1 aromatic carbocycles. The summed E-state index contributed by atoms with van der Waals surface area (Å²) in [6.07, 6.45) is 3.66. The highest BCUT2D eigenvalue weighted by Gasteiger charge is 2.28. The molecule has 0 atom stereocenters. The van der Waals surface area contributed by atoms with Gasteiger partial charge in [-0.05, 0) is 6.07 Å². The Morgan fingerprint density at radius 3 is 2.77 bits per heavy atom. The van der Waals surface area contributed by atoms with Gasteiger partial charge in [-0.2, -0.15) is 0 Å². The second-order valence-electron chi connectivity index (χ2n) is 5.91. The summed E-state index contributed by atoms with van der Waals surface area (Å²) in [6, 6.07) is 1.77. The first kappa shape index (κ1) is 17.6. The Kier molecular flexibility index (Phi) is 4.54. The monoisotopic (exact) mass is 454 g/mol. The molecule has 3 heterocycles. The molecule has 0 radical (unpaired) electrons. The van der Waals surface area contributed by atoms with Gasteiger partial charge < -0.3 is 14.6 Å². The Balaban J connectivity index is 1.70. The molecule has 0 aliphatic carbocycles. The van der Waals surface area contributed by atoms with E-state index in [0.717, 1.165) is 26.6 Å². The van der Waals surface area contributed by atoms with Gasteiger partial charge in [0, 0.05) is 40.6 Å². The predicted octanol–water partition coefficient (Wildman–Crippen LogP) is 4.23. The van der Waals surface area contributed by atoms with Crippen LogP contribution in [0.2, 0.25) is 10.0 Å². The number of halogens is 3. The van der Waals surface area contributed by atoms with E-state index in [1.165, 1.54) is 19.5 Å². The third kappa shape index (κ3) is 2.84. The van der Waals surface area contributed by atoms with Crippen LogP contribution in [0.1, 0.15) is 21.9 Å². The molecule has 26 heavy (non-hydrogen) atoms. The fraction of sp³-hybridized carbons (Fsp3) is 0.235. The first-order valence-electron chi connectivity index (χ1n) is 7.81. The van der Waals surface area contributed by atoms with E-state index in [2.05, 4.69) is 30.9 Å². The van der Waals surface area contributed by atoms with Gasteiger partial charge in [0.25, 0.3) is 5.91 Å². The van der Waals surface area contributed by atoms with Gasteiger partial charge in [0.15, 0.2) is 5.75 Å². The molecule has 0 bridgehead atoms. The van der Waals surface area contributed by atoms with Gasteiger partial charge in [0.1, 0.15) is 0 Å². The van der Waals surface area contributed by atoms with E-state index in [1.807, 2.05) is 0 Å². The number of carbonyl (C=O) groups excluding carboxylic acids is 1. The summed E-state index contributed by atoms with van der Waals surface area (Å²) in [5.74, 6) is 0.438. The highest BCUT2D eigenvalue weighted by atomic mass is 79.9. The molecular weight excluding hydrogens is 443 g/mol. The molecule has 1 aliphatic heterocycles. The Morgan fingerprint density at radius 2 is 2.08 bits per heavy atom. The number of benzene rings is 1. The molecule has 134 valence electrons. The normalized spacial score (nSPS) is 13.8. The lowest BCUT2D eigenvalue weighted by atomic mass is 10.0. The first-order chi connectivity index (χ1) is 12.5. The summed E-state index contributed by atoms with van der Waals surface area (Å²) < 4.78 is 5.87. The Labute approximate surface area is 167 Å². The van der Waals surface area contributed by atoms with Gasteiger partial charge in [0.05, 0.1) is 35.1 Å². The van der Waals surface area contributed by atoms with Crippen molar-refractivity contribution in [2.24, 2.45) is 0 Å². The third-order valence-electron chi connectivity index (χ3n) is 4.44. The second kappa shape index (κ2) is 6.72. The van der Waals surface area contributed by atoms with Gasteiger partial charge in [-0.25, -0.2) is 9.97 Å². The maximum Gasteiger partial charge on any atom is 0.291 e. The minimum absolute atomic E-state index is 0.147. The van der Waals surface area contributed by atoms with Crippen molar-refractivity contribution in [3.8, 4) is 5.75 Å².